The lowest BCUT2D eigenvalue weighted by atomic mass is 9.95. The molecule has 0 aliphatic rings. The molecule has 39 heavy (non-hydrogen) atoms. The molecule has 0 amide bonds. The van der Waals surface area contributed by atoms with Gasteiger partial charge in [0.05, 0.1) is 0 Å². The first kappa shape index (κ1) is 23.3. The maximum atomic E-state index is 6.47. The Morgan fingerprint density at radius 3 is 1.64 bits per heavy atom. The van der Waals surface area contributed by atoms with E-state index in [2.05, 4.69) is 119 Å². The smallest absolute Gasteiger partial charge is 0.208 e. The molecule has 0 fully saturated rings. The monoisotopic (exact) mass is 519 g/mol. The molecule has 0 atom stereocenters. The number of aromatic nitrogens is 3. The van der Waals surface area contributed by atoms with Crippen LogP contribution in [0.3, 0.4) is 0 Å². The summed E-state index contributed by atoms with van der Waals surface area (Å²) in [5, 5.41) is 4.65. The molecule has 7 aromatic rings. The standard InChI is InChI=1S/C35H22ClN3/c36-35-38-33(28-18-17-26-21-25(15-16-27(26)22-28)23-9-3-1-4-10-23)37-34(39-35)32-20-19-29(24-11-5-2-6-12-24)30-13-7-8-14-31(30)32/h1-22H. The van der Waals surface area contributed by atoms with Crippen molar-refractivity contribution < 1.29 is 0 Å². The Morgan fingerprint density at radius 2 is 0.923 bits per heavy atom. The Hall–Kier alpha value is -4.86. The van der Waals surface area contributed by atoms with Crippen LogP contribution in [0.1, 0.15) is 0 Å². The summed E-state index contributed by atoms with van der Waals surface area (Å²) in [7, 11) is 0. The van der Waals surface area contributed by atoms with Crippen LogP contribution in [0.15, 0.2) is 133 Å². The van der Waals surface area contributed by atoms with Crippen molar-refractivity contribution in [1.82, 2.24) is 15.0 Å². The van der Waals surface area contributed by atoms with E-state index in [0.717, 1.165) is 32.7 Å². The molecule has 4 heteroatoms. The van der Waals surface area contributed by atoms with Crippen molar-refractivity contribution in [2.24, 2.45) is 0 Å². The van der Waals surface area contributed by atoms with Crippen molar-refractivity contribution >= 4 is 33.1 Å². The molecule has 0 spiro atoms. The molecule has 0 bridgehead atoms. The molecular formula is C35H22ClN3. The highest BCUT2D eigenvalue weighted by Gasteiger charge is 2.15. The zero-order valence-electron chi connectivity index (χ0n) is 20.9. The highest BCUT2D eigenvalue weighted by molar-refractivity contribution is 6.28. The first-order valence-corrected chi connectivity index (χ1v) is 13.2. The van der Waals surface area contributed by atoms with E-state index in [4.69, 9.17) is 16.6 Å². The van der Waals surface area contributed by atoms with Gasteiger partial charge in [0, 0.05) is 11.1 Å². The van der Waals surface area contributed by atoms with Crippen LogP contribution in [0.5, 0.6) is 0 Å². The van der Waals surface area contributed by atoms with E-state index in [1.807, 2.05) is 24.3 Å². The summed E-state index contributed by atoms with van der Waals surface area (Å²) < 4.78 is 0. The summed E-state index contributed by atoms with van der Waals surface area (Å²) in [6.45, 7) is 0. The van der Waals surface area contributed by atoms with Crippen LogP contribution in [0, 0.1) is 0 Å². The molecule has 0 aliphatic heterocycles. The van der Waals surface area contributed by atoms with E-state index in [1.54, 1.807) is 0 Å². The minimum atomic E-state index is 0.172. The molecular weight excluding hydrogens is 498 g/mol. The summed E-state index contributed by atoms with van der Waals surface area (Å²) in [6.07, 6.45) is 0. The lowest BCUT2D eigenvalue weighted by Crippen LogP contribution is -1.98. The van der Waals surface area contributed by atoms with Crippen molar-refractivity contribution in [3.05, 3.63) is 139 Å². The quantitative estimate of drug-likeness (QED) is 0.232. The number of fused-ring (bicyclic) bond motifs is 2. The molecule has 184 valence electrons. The fourth-order valence-electron chi connectivity index (χ4n) is 5.16. The van der Waals surface area contributed by atoms with E-state index in [1.165, 1.54) is 22.3 Å². The van der Waals surface area contributed by atoms with Crippen molar-refractivity contribution in [1.29, 1.82) is 0 Å². The van der Waals surface area contributed by atoms with Crippen LogP contribution >= 0.6 is 11.6 Å². The van der Waals surface area contributed by atoms with Crippen molar-refractivity contribution in [2.45, 2.75) is 0 Å². The molecule has 0 N–H and O–H groups in total. The highest BCUT2D eigenvalue weighted by atomic mass is 35.5. The lowest BCUT2D eigenvalue weighted by molar-refractivity contribution is 1.07. The fraction of sp³-hybridized carbons (Fsp3) is 0. The summed E-state index contributed by atoms with van der Waals surface area (Å²) in [5.41, 5.74) is 6.53. The zero-order valence-corrected chi connectivity index (χ0v) is 21.7. The largest absolute Gasteiger partial charge is 0.226 e. The van der Waals surface area contributed by atoms with Crippen LogP contribution in [-0.2, 0) is 0 Å². The van der Waals surface area contributed by atoms with Crippen LogP contribution < -0.4 is 0 Å². The van der Waals surface area contributed by atoms with E-state index in [9.17, 15) is 0 Å². The van der Waals surface area contributed by atoms with E-state index in [-0.39, 0.29) is 5.28 Å². The van der Waals surface area contributed by atoms with Gasteiger partial charge in [-0.15, -0.1) is 0 Å². The van der Waals surface area contributed by atoms with Gasteiger partial charge in [-0.25, -0.2) is 4.98 Å². The van der Waals surface area contributed by atoms with Crippen LogP contribution in [0.2, 0.25) is 5.28 Å². The molecule has 3 nitrogen and oxygen atoms in total. The average molecular weight is 520 g/mol. The zero-order chi connectivity index (χ0) is 26.2. The van der Waals surface area contributed by atoms with Gasteiger partial charge < -0.3 is 0 Å². The first-order valence-electron chi connectivity index (χ1n) is 12.8. The summed E-state index contributed by atoms with van der Waals surface area (Å²) >= 11 is 6.47. The second-order valence-corrected chi connectivity index (χ2v) is 9.80. The predicted octanol–water partition coefficient (Wildman–Crippen LogP) is 9.50. The second-order valence-electron chi connectivity index (χ2n) is 9.47. The van der Waals surface area contributed by atoms with Crippen LogP contribution in [-0.4, -0.2) is 15.0 Å². The fourth-order valence-corrected chi connectivity index (χ4v) is 5.32. The van der Waals surface area contributed by atoms with E-state index < -0.39 is 0 Å². The van der Waals surface area contributed by atoms with Gasteiger partial charge in [-0.3, -0.25) is 0 Å². The Bertz CT molecular complexity index is 1970. The lowest BCUT2D eigenvalue weighted by Gasteiger charge is -2.12. The van der Waals surface area contributed by atoms with Gasteiger partial charge in [0.2, 0.25) is 5.28 Å². The molecule has 0 unspecified atom stereocenters. The third kappa shape index (κ3) is 4.43. The third-order valence-electron chi connectivity index (χ3n) is 7.06. The van der Waals surface area contributed by atoms with Gasteiger partial charge in [-0.1, -0.05) is 115 Å². The normalized spacial score (nSPS) is 11.2. The second kappa shape index (κ2) is 9.79. The third-order valence-corrected chi connectivity index (χ3v) is 7.23. The number of rotatable bonds is 4. The van der Waals surface area contributed by atoms with Gasteiger partial charge >= 0.3 is 0 Å². The molecule has 1 heterocycles. The Morgan fingerprint density at radius 1 is 0.385 bits per heavy atom. The van der Waals surface area contributed by atoms with Gasteiger partial charge in [-0.2, -0.15) is 9.97 Å². The highest BCUT2D eigenvalue weighted by Crippen LogP contribution is 2.35. The first-order chi connectivity index (χ1) is 19.2. The summed E-state index contributed by atoms with van der Waals surface area (Å²) in [4.78, 5) is 13.9. The molecule has 7 rings (SSSR count). The van der Waals surface area contributed by atoms with Crippen molar-refractivity contribution in [2.75, 3.05) is 0 Å². The van der Waals surface area contributed by atoms with Crippen LogP contribution in [0.4, 0.5) is 0 Å². The van der Waals surface area contributed by atoms with Crippen LogP contribution in [0.25, 0.3) is 66.6 Å². The summed E-state index contributed by atoms with van der Waals surface area (Å²) in [5.74, 6) is 1.11. The number of benzene rings is 6. The van der Waals surface area contributed by atoms with E-state index >= 15 is 0 Å². The van der Waals surface area contributed by atoms with Crippen molar-refractivity contribution in [3.8, 4) is 45.0 Å². The Balaban J connectivity index is 1.32. The van der Waals surface area contributed by atoms with Gasteiger partial charge in [0.25, 0.3) is 0 Å². The predicted molar refractivity (Wildman–Crippen MR) is 162 cm³/mol. The maximum Gasteiger partial charge on any atom is 0.226 e. The van der Waals surface area contributed by atoms with Gasteiger partial charge in [0.1, 0.15) is 0 Å². The van der Waals surface area contributed by atoms with Gasteiger partial charge in [0.15, 0.2) is 11.6 Å². The molecule has 0 aliphatic carbocycles. The SMILES string of the molecule is Clc1nc(-c2ccc3cc(-c4ccccc4)ccc3c2)nc(-c2ccc(-c3ccccc3)c3ccccc23)n1. The molecule has 0 saturated carbocycles. The topological polar surface area (TPSA) is 38.7 Å². The van der Waals surface area contributed by atoms with E-state index in [0.29, 0.717) is 11.6 Å². The Kier molecular flexibility index (Phi) is 5.84. The molecule has 6 aromatic carbocycles. The molecule has 0 saturated heterocycles. The molecule has 0 radical (unpaired) electrons. The van der Waals surface area contributed by atoms with Crippen molar-refractivity contribution in [3.63, 3.8) is 0 Å². The maximum absolute atomic E-state index is 6.47. The summed E-state index contributed by atoms with van der Waals surface area (Å²) in [6, 6.07) is 46.1. The number of halogens is 1. The minimum absolute atomic E-state index is 0.172. The minimum Gasteiger partial charge on any atom is -0.208 e. The number of hydrogen-bond acceptors (Lipinski definition) is 3. The Labute approximate surface area is 231 Å². The number of hydrogen-bond donors (Lipinski definition) is 0. The number of nitrogens with zero attached hydrogens (tertiary/aromatic N) is 3. The molecule has 1 aromatic heterocycles. The van der Waals surface area contributed by atoms with Gasteiger partial charge in [-0.05, 0) is 73.6 Å². The average Bonchev–Trinajstić information content (AvgIpc) is 3.00.